The summed E-state index contributed by atoms with van der Waals surface area (Å²) in [6.45, 7) is 1.98. The Balaban J connectivity index is 2.13. The van der Waals surface area contributed by atoms with Crippen LogP contribution < -0.4 is 0 Å². The molecule has 0 spiro atoms. The second-order valence-corrected chi connectivity index (χ2v) is 4.70. The molecular weight excluding hydrogens is 272 g/mol. The van der Waals surface area contributed by atoms with Gasteiger partial charge in [0, 0.05) is 17.9 Å². The molecule has 3 nitrogen and oxygen atoms in total. The van der Waals surface area contributed by atoms with E-state index in [9.17, 15) is 13.6 Å². The van der Waals surface area contributed by atoms with E-state index < -0.39 is 17.6 Å². The summed E-state index contributed by atoms with van der Waals surface area (Å²) in [6.07, 6.45) is 0.218. The quantitative estimate of drug-likeness (QED) is 0.809. The van der Waals surface area contributed by atoms with Crippen LogP contribution in [-0.4, -0.2) is 17.6 Å². The lowest BCUT2D eigenvalue weighted by atomic mass is 10.1. The van der Waals surface area contributed by atoms with Gasteiger partial charge in [0.1, 0.15) is 11.6 Å². The molecule has 0 amide bonds. The lowest BCUT2D eigenvalue weighted by molar-refractivity contribution is 0.0520. The number of hydrogen-bond acceptors (Lipinski definition) is 4. The molecule has 2 rings (SSSR count). The molecule has 1 aromatic heterocycles. The van der Waals surface area contributed by atoms with Gasteiger partial charge in [0.05, 0.1) is 11.6 Å². The molecule has 19 heavy (non-hydrogen) atoms. The lowest BCUT2D eigenvalue weighted by Crippen LogP contribution is -2.05. The second kappa shape index (κ2) is 5.88. The Hall–Kier alpha value is -1.82. The summed E-state index contributed by atoms with van der Waals surface area (Å²) in [4.78, 5) is 15.5. The monoisotopic (exact) mass is 283 g/mol. The molecule has 2 aromatic rings. The Bertz CT molecular complexity index is 598. The van der Waals surface area contributed by atoms with Crippen LogP contribution in [0.4, 0.5) is 8.78 Å². The fraction of sp³-hybridized carbons (Fsp3) is 0.231. The Labute approximate surface area is 112 Å². The van der Waals surface area contributed by atoms with Crippen molar-refractivity contribution >= 4 is 17.3 Å². The van der Waals surface area contributed by atoms with Gasteiger partial charge in [0.25, 0.3) is 0 Å². The zero-order valence-electron chi connectivity index (χ0n) is 10.2. The maximum atomic E-state index is 13.5. The van der Waals surface area contributed by atoms with Crippen LogP contribution in [0.3, 0.4) is 0 Å². The van der Waals surface area contributed by atoms with Crippen molar-refractivity contribution in [3.05, 3.63) is 51.5 Å². The van der Waals surface area contributed by atoms with E-state index in [1.165, 1.54) is 23.5 Å². The third kappa shape index (κ3) is 3.35. The molecule has 1 aromatic carbocycles. The number of benzene rings is 1. The second-order valence-electron chi connectivity index (χ2n) is 3.76. The predicted octanol–water partition coefficient (Wildman–Crippen LogP) is 3.19. The zero-order valence-corrected chi connectivity index (χ0v) is 11.0. The van der Waals surface area contributed by atoms with Gasteiger partial charge in [-0.25, -0.2) is 18.6 Å². The topological polar surface area (TPSA) is 39.2 Å². The summed E-state index contributed by atoms with van der Waals surface area (Å²) >= 11 is 1.24. The molecule has 100 valence electrons. The van der Waals surface area contributed by atoms with Crippen molar-refractivity contribution in [3.63, 3.8) is 0 Å². The molecular formula is C13H11F2NO2S. The minimum Gasteiger partial charge on any atom is -0.461 e. The fourth-order valence-electron chi connectivity index (χ4n) is 1.52. The van der Waals surface area contributed by atoms with Crippen molar-refractivity contribution in [2.45, 2.75) is 13.3 Å². The molecule has 0 aliphatic rings. The van der Waals surface area contributed by atoms with Crippen LogP contribution in [-0.2, 0) is 11.2 Å². The smallest absolute Gasteiger partial charge is 0.357 e. The molecule has 1 heterocycles. The largest absolute Gasteiger partial charge is 0.461 e. The van der Waals surface area contributed by atoms with E-state index in [0.717, 1.165) is 6.07 Å². The highest BCUT2D eigenvalue weighted by molar-refractivity contribution is 7.09. The average Bonchev–Trinajstić information content (AvgIpc) is 2.82. The van der Waals surface area contributed by atoms with Gasteiger partial charge < -0.3 is 4.74 Å². The molecule has 0 aliphatic heterocycles. The number of rotatable bonds is 4. The van der Waals surface area contributed by atoms with Crippen LogP contribution in [0.1, 0.15) is 28.0 Å². The number of carbonyl (C=O) groups is 1. The van der Waals surface area contributed by atoms with Crippen LogP contribution in [0.2, 0.25) is 0 Å². The summed E-state index contributed by atoms with van der Waals surface area (Å²) in [5.74, 6) is -1.73. The van der Waals surface area contributed by atoms with Gasteiger partial charge in [0.15, 0.2) is 5.69 Å². The molecule has 0 bridgehead atoms. The van der Waals surface area contributed by atoms with Crippen molar-refractivity contribution in [1.82, 2.24) is 4.98 Å². The van der Waals surface area contributed by atoms with Crippen molar-refractivity contribution < 1.29 is 18.3 Å². The van der Waals surface area contributed by atoms with Crippen LogP contribution >= 0.6 is 11.3 Å². The molecule has 0 unspecified atom stereocenters. The van der Waals surface area contributed by atoms with Gasteiger partial charge >= 0.3 is 5.97 Å². The summed E-state index contributed by atoms with van der Waals surface area (Å²) in [6, 6.07) is 3.39. The third-order valence-electron chi connectivity index (χ3n) is 2.39. The van der Waals surface area contributed by atoms with Gasteiger partial charge in [0.2, 0.25) is 0 Å². The van der Waals surface area contributed by atoms with Gasteiger partial charge in [-0.1, -0.05) is 6.07 Å². The van der Waals surface area contributed by atoms with E-state index in [-0.39, 0.29) is 18.7 Å². The predicted molar refractivity (Wildman–Crippen MR) is 67.2 cm³/mol. The Morgan fingerprint density at radius 3 is 2.89 bits per heavy atom. The minimum absolute atomic E-state index is 0.212. The molecule has 0 radical (unpaired) electrons. The van der Waals surface area contributed by atoms with E-state index in [1.54, 1.807) is 12.3 Å². The highest BCUT2D eigenvalue weighted by Crippen LogP contribution is 2.18. The van der Waals surface area contributed by atoms with Crippen LogP contribution in [0, 0.1) is 11.6 Å². The van der Waals surface area contributed by atoms with E-state index in [0.29, 0.717) is 10.6 Å². The number of ether oxygens (including phenoxy) is 1. The Kier molecular flexibility index (Phi) is 4.21. The van der Waals surface area contributed by atoms with Gasteiger partial charge in [-0.15, -0.1) is 11.3 Å². The van der Waals surface area contributed by atoms with E-state index in [4.69, 9.17) is 4.74 Å². The van der Waals surface area contributed by atoms with E-state index in [2.05, 4.69) is 4.98 Å². The van der Waals surface area contributed by atoms with Crippen molar-refractivity contribution in [3.8, 4) is 0 Å². The summed E-state index contributed by atoms with van der Waals surface area (Å²) < 4.78 is 31.0. The molecule has 0 N–H and O–H groups in total. The number of thiazole rings is 1. The standard InChI is InChI=1S/C13H11F2NO2S/c1-2-18-13(17)11-7-19-12(16-11)5-8-3-4-9(14)6-10(8)15/h3-4,6-7H,2,5H2,1H3. The Morgan fingerprint density at radius 1 is 1.42 bits per heavy atom. The average molecular weight is 283 g/mol. The molecule has 0 fully saturated rings. The first-order valence-corrected chi connectivity index (χ1v) is 6.53. The van der Waals surface area contributed by atoms with Crippen LogP contribution in [0.5, 0.6) is 0 Å². The molecule has 0 aliphatic carbocycles. The normalized spacial score (nSPS) is 10.5. The maximum Gasteiger partial charge on any atom is 0.357 e. The minimum atomic E-state index is -0.618. The molecule has 0 saturated heterocycles. The highest BCUT2D eigenvalue weighted by Gasteiger charge is 2.13. The number of halogens is 2. The SMILES string of the molecule is CCOC(=O)c1csc(Cc2ccc(F)cc2F)n1. The number of aromatic nitrogens is 1. The summed E-state index contributed by atoms with van der Waals surface area (Å²) in [5, 5.41) is 2.14. The molecule has 0 saturated carbocycles. The van der Waals surface area contributed by atoms with Crippen LogP contribution in [0.15, 0.2) is 23.6 Å². The lowest BCUT2D eigenvalue weighted by Gasteiger charge is -2.00. The number of carbonyl (C=O) groups excluding carboxylic acids is 1. The van der Waals surface area contributed by atoms with Gasteiger partial charge in [-0.3, -0.25) is 0 Å². The van der Waals surface area contributed by atoms with Crippen molar-refractivity contribution in [1.29, 1.82) is 0 Å². The van der Waals surface area contributed by atoms with E-state index >= 15 is 0 Å². The number of esters is 1. The molecule has 0 atom stereocenters. The maximum absolute atomic E-state index is 13.5. The Morgan fingerprint density at radius 2 is 2.21 bits per heavy atom. The first-order chi connectivity index (χ1) is 9.10. The first-order valence-electron chi connectivity index (χ1n) is 5.65. The summed E-state index contributed by atoms with van der Waals surface area (Å²) in [7, 11) is 0. The molecule has 6 heteroatoms. The number of nitrogens with zero attached hydrogens (tertiary/aromatic N) is 1. The van der Waals surface area contributed by atoms with Crippen LogP contribution in [0.25, 0.3) is 0 Å². The van der Waals surface area contributed by atoms with E-state index in [1.807, 2.05) is 0 Å². The number of hydrogen-bond donors (Lipinski definition) is 0. The third-order valence-corrected chi connectivity index (χ3v) is 3.24. The van der Waals surface area contributed by atoms with Crippen molar-refractivity contribution in [2.75, 3.05) is 6.61 Å². The highest BCUT2D eigenvalue weighted by atomic mass is 32.1. The van der Waals surface area contributed by atoms with Crippen molar-refractivity contribution in [2.24, 2.45) is 0 Å². The summed E-state index contributed by atoms with van der Waals surface area (Å²) in [5.41, 5.74) is 0.551. The van der Waals surface area contributed by atoms with Gasteiger partial charge in [-0.2, -0.15) is 0 Å². The van der Waals surface area contributed by atoms with Gasteiger partial charge in [-0.05, 0) is 18.6 Å². The fourth-order valence-corrected chi connectivity index (χ4v) is 2.31. The first kappa shape index (κ1) is 13.6. The zero-order chi connectivity index (χ0) is 13.8.